The maximum Gasteiger partial charge on any atom is 0.243 e. The normalized spacial score (nSPS) is 15.8. The van der Waals surface area contributed by atoms with Gasteiger partial charge in [0.15, 0.2) is 0 Å². The third-order valence-corrected chi connectivity index (χ3v) is 3.95. The van der Waals surface area contributed by atoms with Crippen LogP contribution >= 0.6 is 0 Å². The minimum atomic E-state index is -0.142. The zero-order valence-corrected chi connectivity index (χ0v) is 13.5. The molecule has 1 aliphatic heterocycles. The lowest BCUT2D eigenvalue weighted by atomic mass is 10.1. The molecule has 2 heterocycles. The molecule has 5 nitrogen and oxygen atoms in total. The Morgan fingerprint density at radius 3 is 2.96 bits per heavy atom. The van der Waals surface area contributed by atoms with Gasteiger partial charge in [0.25, 0.3) is 0 Å². The Morgan fingerprint density at radius 1 is 1.33 bits per heavy atom. The van der Waals surface area contributed by atoms with Crippen LogP contribution in [-0.2, 0) is 11.3 Å². The Morgan fingerprint density at radius 2 is 2.17 bits per heavy atom. The number of rotatable bonds is 4. The van der Waals surface area contributed by atoms with Crippen LogP contribution < -0.4 is 10.2 Å². The monoisotopic (exact) mass is 320 g/mol. The van der Waals surface area contributed by atoms with Crippen LogP contribution in [0.4, 0.5) is 5.82 Å². The third kappa shape index (κ3) is 3.85. The molecule has 5 heteroatoms. The van der Waals surface area contributed by atoms with Crippen LogP contribution in [0.15, 0.2) is 55.3 Å². The van der Waals surface area contributed by atoms with Crippen LogP contribution in [-0.4, -0.2) is 35.3 Å². The zero-order valence-electron chi connectivity index (χ0n) is 13.5. The number of aromatic nitrogens is 2. The van der Waals surface area contributed by atoms with E-state index in [9.17, 15) is 4.79 Å². The second-order valence-electron chi connectivity index (χ2n) is 5.74. The van der Waals surface area contributed by atoms with Crippen molar-refractivity contribution in [1.29, 1.82) is 0 Å². The van der Waals surface area contributed by atoms with Crippen LogP contribution in [0.1, 0.15) is 5.56 Å². The van der Waals surface area contributed by atoms with Gasteiger partial charge in [-0.15, -0.1) is 0 Å². The van der Waals surface area contributed by atoms with Crippen molar-refractivity contribution in [2.75, 3.05) is 24.5 Å². The summed E-state index contributed by atoms with van der Waals surface area (Å²) in [5, 5.41) is 7.23. The molecule has 24 heavy (non-hydrogen) atoms. The van der Waals surface area contributed by atoms with E-state index in [4.69, 9.17) is 0 Å². The van der Waals surface area contributed by atoms with Crippen molar-refractivity contribution in [1.82, 2.24) is 15.1 Å². The highest BCUT2D eigenvalue weighted by Gasteiger charge is 2.24. The summed E-state index contributed by atoms with van der Waals surface area (Å²) in [5.41, 5.74) is 1.01. The fourth-order valence-corrected chi connectivity index (χ4v) is 2.79. The van der Waals surface area contributed by atoms with Crippen molar-refractivity contribution < 1.29 is 4.79 Å². The maximum atomic E-state index is 11.4. The summed E-state index contributed by atoms with van der Waals surface area (Å²) in [6.07, 6.45) is 3.10. The maximum absolute atomic E-state index is 11.4. The van der Waals surface area contributed by atoms with Gasteiger partial charge < -0.3 is 10.2 Å². The molecule has 0 saturated carbocycles. The molecule has 1 unspecified atom stereocenters. The Bertz CT molecular complexity index is 769. The van der Waals surface area contributed by atoms with Gasteiger partial charge in [0, 0.05) is 37.2 Å². The summed E-state index contributed by atoms with van der Waals surface area (Å²) in [6.45, 7) is 6.35. The number of fused-ring (bicyclic) bond motifs is 1. The number of anilines is 1. The van der Waals surface area contributed by atoms with Crippen molar-refractivity contribution >= 4 is 11.7 Å². The van der Waals surface area contributed by atoms with E-state index in [0.717, 1.165) is 24.5 Å². The molecule has 0 aliphatic carbocycles. The predicted octanol–water partition coefficient (Wildman–Crippen LogP) is 1.67. The van der Waals surface area contributed by atoms with Gasteiger partial charge in [-0.3, -0.25) is 4.79 Å². The number of nitrogens with zero attached hydrogens (tertiary/aromatic N) is 3. The highest BCUT2D eigenvalue weighted by molar-refractivity contribution is 5.86. The molecule has 1 aromatic heterocycles. The van der Waals surface area contributed by atoms with Gasteiger partial charge in [-0.1, -0.05) is 36.6 Å². The Kier molecular flexibility index (Phi) is 4.97. The molecule has 0 fully saturated rings. The van der Waals surface area contributed by atoms with Crippen molar-refractivity contribution in [3.05, 3.63) is 60.8 Å². The largest absolute Gasteiger partial charge is 0.352 e. The van der Waals surface area contributed by atoms with Crippen LogP contribution in [0.3, 0.4) is 0 Å². The van der Waals surface area contributed by atoms with E-state index in [1.807, 2.05) is 41.1 Å². The molecule has 3 rings (SSSR count). The molecule has 2 aromatic rings. The van der Waals surface area contributed by atoms with E-state index < -0.39 is 0 Å². The molecule has 122 valence electrons. The number of hydrogen-bond acceptors (Lipinski definition) is 3. The Labute approximate surface area is 142 Å². The lowest BCUT2D eigenvalue weighted by molar-refractivity contribution is -0.116. The predicted molar refractivity (Wildman–Crippen MR) is 94.5 cm³/mol. The van der Waals surface area contributed by atoms with Crippen LogP contribution in [0, 0.1) is 17.8 Å². The molecule has 1 N–H and O–H groups in total. The third-order valence-electron chi connectivity index (χ3n) is 3.95. The van der Waals surface area contributed by atoms with Crippen LogP contribution in [0.2, 0.25) is 0 Å². The number of carbonyl (C=O) groups excluding carboxylic acids is 1. The number of hydrogen-bond donors (Lipinski definition) is 1. The quantitative estimate of drug-likeness (QED) is 0.689. The van der Waals surface area contributed by atoms with Crippen molar-refractivity contribution in [3.8, 4) is 11.8 Å². The summed E-state index contributed by atoms with van der Waals surface area (Å²) >= 11 is 0. The van der Waals surface area contributed by atoms with E-state index >= 15 is 0 Å². The number of amides is 1. The number of nitrogens with one attached hydrogen (secondary N) is 1. The summed E-state index contributed by atoms with van der Waals surface area (Å²) < 4.78 is 1.97. The van der Waals surface area contributed by atoms with Gasteiger partial charge in [0.2, 0.25) is 5.91 Å². The van der Waals surface area contributed by atoms with Gasteiger partial charge >= 0.3 is 0 Å². The fourth-order valence-electron chi connectivity index (χ4n) is 2.79. The first kappa shape index (κ1) is 15.9. The van der Waals surface area contributed by atoms with Crippen molar-refractivity contribution in [2.45, 2.75) is 6.54 Å². The first-order chi connectivity index (χ1) is 11.8. The standard InChI is InChI=1S/C19H20N4O/c1-2-18(24)20-13-17-14-22(19-10-11-21-23(19)15-17)12-6-9-16-7-4-3-5-8-16/h2-5,7-8,10-11,17H,1,12-15H2,(H,20,24). The smallest absolute Gasteiger partial charge is 0.243 e. The molecule has 0 saturated heterocycles. The first-order valence-corrected chi connectivity index (χ1v) is 7.97. The SMILES string of the molecule is C=CC(=O)NCC1CN(CC#Cc2ccccc2)c2ccnn2C1. The van der Waals surface area contributed by atoms with Gasteiger partial charge in [-0.05, 0) is 18.2 Å². The molecule has 1 amide bonds. The molecule has 1 atom stereocenters. The first-order valence-electron chi connectivity index (χ1n) is 7.97. The van der Waals surface area contributed by atoms with Gasteiger partial charge in [-0.2, -0.15) is 5.10 Å². The van der Waals surface area contributed by atoms with Crippen LogP contribution in [0.25, 0.3) is 0 Å². The molecule has 1 aliphatic rings. The fraction of sp³-hybridized carbons (Fsp3) is 0.263. The lowest BCUT2D eigenvalue weighted by Gasteiger charge is -2.33. The number of carbonyl (C=O) groups is 1. The summed E-state index contributed by atoms with van der Waals surface area (Å²) in [7, 11) is 0. The number of benzene rings is 1. The van der Waals surface area contributed by atoms with E-state index in [2.05, 4.69) is 33.7 Å². The summed E-state index contributed by atoms with van der Waals surface area (Å²) in [4.78, 5) is 13.6. The van der Waals surface area contributed by atoms with E-state index in [-0.39, 0.29) is 5.91 Å². The molecule has 0 bridgehead atoms. The van der Waals surface area contributed by atoms with E-state index in [1.54, 1.807) is 6.20 Å². The van der Waals surface area contributed by atoms with Crippen molar-refractivity contribution in [2.24, 2.45) is 5.92 Å². The Balaban J connectivity index is 1.67. The minimum absolute atomic E-state index is 0.142. The topological polar surface area (TPSA) is 50.2 Å². The van der Waals surface area contributed by atoms with Gasteiger partial charge in [0.05, 0.1) is 12.7 Å². The second kappa shape index (κ2) is 7.51. The van der Waals surface area contributed by atoms with Gasteiger partial charge in [-0.25, -0.2) is 4.68 Å². The van der Waals surface area contributed by atoms with Crippen molar-refractivity contribution in [3.63, 3.8) is 0 Å². The molecule has 0 radical (unpaired) electrons. The summed E-state index contributed by atoms with van der Waals surface area (Å²) in [6, 6.07) is 12.0. The molecule has 1 aromatic carbocycles. The lowest BCUT2D eigenvalue weighted by Crippen LogP contribution is -2.43. The highest BCUT2D eigenvalue weighted by atomic mass is 16.1. The zero-order chi connectivity index (χ0) is 16.8. The van der Waals surface area contributed by atoms with Gasteiger partial charge in [0.1, 0.15) is 5.82 Å². The average Bonchev–Trinajstić information content (AvgIpc) is 3.09. The molecule has 0 spiro atoms. The highest BCUT2D eigenvalue weighted by Crippen LogP contribution is 2.22. The average molecular weight is 320 g/mol. The van der Waals surface area contributed by atoms with E-state index in [0.29, 0.717) is 19.0 Å². The van der Waals surface area contributed by atoms with Crippen LogP contribution in [0.5, 0.6) is 0 Å². The molecular weight excluding hydrogens is 300 g/mol. The second-order valence-corrected chi connectivity index (χ2v) is 5.74. The molecular formula is C19H20N4O. The minimum Gasteiger partial charge on any atom is -0.352 e. The summed E-state index contributed by atoms with van der Waals surface area (Å²) in [5.74, 6) is 7.64. The Hall–Kier alpha value is -3.00. The van der Waals surface area contributed by atoms with E-state index in [1.165, 1.54) is 6.08 Å².